The minimum absolute atomic E-state index is 0.335. The van der Waals surface area contributed by atoms with Gasteiger partial charge in [0.25, 0.3) is 0 Å². The van der Waals surface area contributed by atoms with Gasteiger partial charge in [-0.2, -0.15) is 5.10 Å². The monoisotopic (exact) mass is 597 g/mol. The molecule has 1 saturated carbocycles. The molecule has 3 aromatic rings. The number of ether oxygens (including phenoxy) is 2. The summed E-state index contributed by atoms with van der Waals surface area (Å²) in [6.45, 7) is 20.7. The second-order valence-corrected chi connectivity index (χ2v) is 26.1. The molecule has 0 aliphatic heterocycles. The number of imidazole rings is 1. The fourth-order valence-corrected chi connectivity index (χ4v) is 7.38. The molecule has 2 atom stereocenters. The number of fused-ring (bicyclic) bond motifs is 3. The molecule has 2 N–H and O–H groups in total. The third-order valence-electron chi connectivity index (χ3n) is 8.66. The molecule has 9 nitrogen and oxygen atoms in total. The Balaban J connectivity index is 1.55. The highest BCUT2D eigenvalue weighted by atomic mass is 28.3. The molecular formula is C30H47N5O4Si2. The first-order chi connectivity index (χ1) is 19.1. The highest BCUT2D eigenvalue weighted by molar-refractivity contribution is 6.76. The highest BCUT2D eigenvalue weighted by Crippen LogP contribution is 2.60. The van der Waals surface area contributed by atoms with E-state index in [-0.39, 0.29) is 0 Å². The number of carbonyl (C=O) groups is 1. The van der Waals surface area contributed by atoms with Gasteiger partial charge < -0.3 is 14.6 Å². The number of hydrogen-bond acceptors (Lipinski definition) is 5. The topological polar surface area (TPSA) is 103 Å². The van der Waals surface area contributed by atoms with Crippen LogP contribution in [-0.2, 0) is 35.8 Å². The zero-order chi connectivity index (χ0) is 29.7. The predicted molar refractivity (Wildman–Crippen MR) is 169 cm³/mol. The molecule has 0 radical (unpaired) electrons. The summed E-state index contributed by atoms with van der Waals surface area (Å²) < 4.78 is 16.6. The van der Waals surface area contributed by atoms with Gasteiger partial charge in [0, 0.05) is 46.3 Å². The Bertz CT molecular complexity index is 1450. The van der Waals surface area contributed by atoms with Crippen molar-refractivity contribution in [2.75, 3.05) is 18.5 Å². The molecule has 1 aromatic carbocycles. The van der Waals surface area contributed by atoms with Crippen LogP contribution in [0.2, 0.25) is 51.4 Å². The zero-order valence-corrected chi connectivity index (χ0v) is 28.1. The molecule has 11 heteroatoms. The highest BCUT2D eigenvalue weighted by Gasteiger charge is 2.54. The summed E-state index contributed by atoms with van der Waals surface area (Å²) in [5.74, 6) is 1.46. The van der Waals surface area contributed by atoms with Gasteiger partial charge in [-0.25, -0.2) is 14.5 Å². The number of anilines is 1. The normalized spacial score (nSPS) is 20.2. The van der Waals surface area contributed by atoms with Gasteiger partial charge >= 0.3 is 6.09 Å². The molecule has 0 unspecified atom stereocenters. The lowest BCUT2D eigenvalue weighted by Crippen LogP contribution is -2.23. The molecule has 0 bridgehead atoms. The first-order valence-electron chi connectivity index (χ1n) is 14.9. The summed E-state index contributed by atoms with van der Waals surface area (Å²) in [6.07, 6.45) is 2.17. The van der Waals surface area contributed by atoms with Gasteiger partial charge in [-0.15, -0.1) is 0 Å². The van der Waals surface area contributed by atoms with Gasteiger partial charge in [0.2, 0.25) is 0 Å². The Kier molecular flexibility index (Phi) is 8.03. The van der Waals surface area contributed by atoms with Crippen molar-refractivity contribution >= 4 is 39.0 Å². The largest absolute Gasteiger partial charge is 0.465 e. The van der Waals surface area contributed by atoms with Crippen molar-refractivity contribution < 1.29 is 19.4 Å². The first kappa shape index (κ1) is 30.0. The van der Waals surface area contributed by atoms with Crippen molar-refractivity contribution in [2.24, 2.45) is 11.3 Å². The number of hydrogen-bond donors (Lipinski definition) is 2. The van der Waals surface area contributed by atoms with Crippen molar-refractivity contribution in [1.82, 2.24) is 19.3 Å². The fourth-order valence-electron chi connectivity index (χ4n) is 5.86. The van der Waals surface area contributed by atoms with Crippen LogP contribution >= 0.6 is 0 Å². The van der Waals surface area contributed by atoms with E-state index < -0.39 is 22.2 Å². The molecule has 0 saturated heterocycles. The molecular weight excluding hydrogens is 551 g/mol. The molecule has 2 aliphatic rings. The summed E-state index contributed by atoms with van der Waals surface area (Å²) in [6, 6.07) is 5.88. The quantitative estimate of drug-likeness (QED) is 0.171. The fraction of sp³-hybridized carbons (Fsp3) is 0.633. The van der Waals surface area contributed by atoms with Crippen LogP contribution in [0.5, 0.6) is 0 Å². The van der Waals surface area contributed by atoms with Crippen LogP contribution in [0.15, 0.2) is 12.1 Å². The number of amides is 1. The van der Waals surface area contributed by atoms with Crippen molar-refractivity contribution in [3.63, 3.8) is 0 Å². The molecule has 2 aliphatic carbocycles. The van der Waals surface area contributed by atoms with E-state index in [0.29, 0.717) is 37.1 Å². The molecule has 224 valence electrons. The Morgan fingerprint density at radius 2 is 1.76 bits per heavy atom. The van der Waals surface area contributed by atoms with E-state index in [9.17, 15) is 9.90 Å². The van der Waals surface area contributed by atoms with E-state index in [1.165, 1.54) is 17.7 Å². The predicted octanol–water partition coefficient (Wildman–Crippen LogP) is 7.05. The average molecular weight is 598 g/mol. The van der Waals surface area contributed by atoms with Crippen LogP contribution < -0.4 is 5.32 Å². The summed E-state index contributed by atoms with van der Waals surface area (Å²) in [5.41, 5.74) is 6.92. The lowest BCUT2D eigenvalue weighted by Gasteiger charge is -2.20. The second kappa shape index (κ2) is 11.0. The van der Waals surface area contributed by atoms with E-state index >= 15 is 0 Å². The van der Waals surface area contributed by atoms with Crippen molar-refractivity contribution in [1.29, 1.82) is 0 Å². The maximum Gasteiger partial charge on any atom is 0.409 e. The number of aromatic nitrogens is 4. The summed E-state index contributed by atoms with van der Waals surface area (Å²) in [4.78, 5) is 16.6. The van der Waals surface area contributed by atoms with Gasteiger partial charge in [-0.1, -0.05) is 46.2 Å². The van der Waals surface area contributed by atoms with Crippen LogP contribution in [0.3, 0.4) is 0 Å². The lowest BCUT2D eigenvalue weighted by molar-refractivity contribution is 0.0756. The standard InChI is InChI=1S/C30H47N5O4Si2/c1-20-13-22(31-29(36)37)15-24-26(20)32-28(34(24)18-38-9-11-40(3,4)5)27-23-14-21-16-30(21,2)17-25(23)35(33-27)19-39-10-12-41(6,7)8/h13,15,21,31H,9-12,14,16-19H2,1-8H3,(H,36,37)/t21-,30-/m1/s1. The maximum atomic E-state index is 11.4. The van der Waals surface area contributed by atoms with Crippen LogP contribution in [0.4, 0.5) is 10.5 Å². The minimum atomic E-state index is -1.25. The Morgan fingerprint density at radius 1 is 1.10 bits per heavy atom. The second-order valence-electron chi connectivity index (χ2n) is 14.9. The number of aryl methyl sites for hydroxylation is 1. The van der Waals surface area contributed by atoms with Crippen LogP contribution in [-0.4, -0.2) is 59.9 Å². The first-order valence-corrected chi connectivity index (χ1v) is 22.3. The number of benzene rings is 1. The summed E-state index contributed by atoms with van der Waals surface area (Å²) in [7, 11) is -2.44. The van der Waals surface area contributed by atoms with Crippen LogP contribution in [0.25, 0.3) is 22.6 Å². The number of rotatable bonds is 12. The maximum absolute atomic E-state index is 11.4. The third-order valence-corrected chi connectivity index (χ3v) is 12.1. The van der Waals surface area contributed by atoms with Crippen LogP contribution in [0, 0.1) is 18.3 Å². The van der Waals surface area contributed by atoms with E-state index in [4.69, 9.17) is 19.6 Å². The average Bonchev–Trinajstić information content (AvgIpc) is 3.19. The molecule has 2 aromatic heterocycles. The smallest absolute Gasteiger partial charge is 0.409 e. The lowest BCUT2D eigenvalue weighted by atomic mass is 9.87. The van der Waals surface area contributed by atoms with Gasteiger partial charge in [-0.05, 0) is 67.3 Å². The number of nitrogens with zero attached hydrogens (tertiary/aromatic N) is 4. The molecule has 1 fully saturated rings. The Labute approximate surface area is 245 Å². The minimum Gasteiger partial charge on any atom is -0.465 e. The van der Waals surface area contributed by atoms with Gasteiger partial charge in [0.15, 0.2) is 5.82 Å². The number of nitrogens with one attached hydrogen (secondary N) is 1. The van der Waals surface area contributed by atoms with Crippen molar-refractivity contribution in [3.8, 4) is 11.5 Å². The Hall–Kier alpha value is -2.48. The van der Waals surface area contributed by atoms with Gasteiger partial charge in [0.1, 0.15) is 19.2 Å². The van der Waals surface area contributed by atoms with Crippen molar-refractivity contribution in [3.05, 3.63) is 29.0 Å². The zero-order valence-electron chi connectivity index (χ0n) is 26.1. The molecule has 2 heterocycles. The van der Waals surface area contributed by atoms with E-state index in [1.807, 2.05) is 19.1 Å². The summed E-state index contributed by atoms with van der Waals surface area (Å²) >= 11 is 0. The van der Waals surface area contributed by atoms with Crippen LogP contribution in [0.1, 0.15) is 30.2 Å². The number of carboxylic acid groups (broad SMARTS) is 1. The van der Waals surface area contributed by atoms with E-state index in [1.54, 1.807) is 0 Å². The molecule has 1 amide bonds. The molecule has 5 rings (SSSR count). The SMILES string of the molecule is Cc1cc(NC(=O)O)cc2c1nc(-c1nn(COCC[Si](C)(C)C)c3c1C[C@@H]1C[C@]1(C)C3)n2COCC[Si](C)(C)C. The van der Waals surface area contributed by atoms with Crippen molar-refractivity contribution in [2.45, 2.75) is 97.9 Å². The third kappa shape index (κ3) is 6.79. The van der Waals surface area contributed by atoms with E-state index in [0.717, 1.165) is 59.7 Å². The summed E-state index contributed by atoms with van der Waals surface area (Å²) in [5, 5.41) is 17.1. The van der Waals surface area contributed by atoms with Gasteiger partial charge in [0.05, 0.1) is 11.0 Å². The van der Waals surface area contributed by atoms with E-state index in [2.05, 4.69) is 60.8 Å². The molecule has 41 heavy (non-hydrogen) atoms. The Morgan fingerprint density at radius 3 is 2.39 bits per heavy atom. The molecule has 0 spiro atoms. The van der Waals surface area contributed by atoms with Gasteiger partial charge in [-0.3, -0.25) is 9.88 Å².